The van der Waals surface area contributed by atoms with E-state index in [1.54, 1.807) is 14.2 Å². The molecule has 0 bridgehead atoms. The van der Waals surface area contributed by atoms with Crippen LogP contribution in [0.1, 0.15) is 56.6 Å². The highest BCUT2D eigenvalue weighted by Gasteiger charge is 2.34. The van der Waals surface area contributed by atoms with Crippen molar-refractivity contribution in [3.05, 3.63) is 65.5 Å². The normalized spacial score (nSPS) is 16.1. The highest BCUT2D eigenvalue weighted by Crippen LogP contribution is 2.40. The Morgan fingerprint density at radius 1 is 1.00 bits per heavy atom. The number of nitrogens with zero attached hydrogens (tertiary/aromatic N) is 5. The van der Waals surface area contributed by atoms with Crippen LogP contribution in [0.25, 0.3) is 0 Å². The van der Waals surface area contributed by atoms with Gasteiger partial charge in [0, 0.05) is 17.6 Å². The fraction of sp³-hybridized carbons (Fsp3) is 0.536. The predicted molar refractivity (Wildman–Crippen MR) is 141 cm³/mol. The number of aromatic nitrogens is 4. The van der Waals surface area contributed by atoms with Gasteiger partial charge < -0.3 is 14.8 Å². The van der Waals surface area contributed by atoms with Gasteiger partial charge in [0.15, 0.2) is 17.3 Å². The lowest BCUT2D eigenvalue weighted by Gasteiger charge is -2.38. The topological polar surface area (TPSA) is 77.3 Å². The Morgan fingerprint density at radius 2 is 1.75 bits per heavy atom. The van der Waals surface area contributed by atoms with E-state index in [4.69, 9.17) is 9.47 Å². The van der Waals surface area contributed by atoms with Crippen LogP contribution in [-0.4, -0.2) is 64.5 Å². The quantitative estimate of drug-likeness (QED) is 0.456. The Kier molecular flexibility index (Phi) is 8.59. The fourth-order valence-corrected chi connectivity index (χ4v) is 4.94. The van der Waals surface area contributed by atoms with Gasteiger partial charge in [-0.15, -0.1) is 5.10 Å². The Labute approximate surface area is 215 Å². The smallest absolute Gasteiger partial charge is 0.173 e. The molecule has 8 heteroatoms. The van der Waals surface area contributed by atoms with Crippen LogP contribution in [-0.2, 0) is 13.0 Å². The first-order valence-electron chi connectivity index (χ1n) is 12.9. The van der Waals surface area contributed by atoms with E-state index in [1.807, 2.05) is 22.9 Å². The SMILES string of the molecule is COc1cccc(C(c2nnnn2CCc2ccccc2)N2CCC(CNC(C)(C)C)CC2)c1OC. The summed E-state index contributed by atoms with van der Waals surface area (Å²) in [5.41, 5.74) is 2.43. The molecule has 1 fully saturated rings. The summed E-state index contributed by atoms with van der Waals surface area (Å²) in [6.45, 7) is 10.4. The molecule has 194 valence electrons. The highest BCUT2D eigenvalue weighted by atomic mass is 16.5. The van der Waals surface area contributed by atoms with Crippen molar-refractivity contribution in [3.63, 3.8) is 0 Å². The first-order valence-corrected chi connectivity index (χ1v) is 12.9. The molecule has 1 aliphatic heterocycles. The van der Waals surface area contributed by atoms with Gasteiger partial charge in [-0.3, -0.25) is 4.90 Å². The zero-order valence-corrected chi connectivity index (χ0v) is 22.3. The van der Waals surface area contributed by atoms with Gasteiger partial charge in [-0.1, -0.05) is 42.5 Å². The van der Waals surface area contributed by atoms with Crippen LogP contribution in [0, 0.1) is 5.92 Å². The number of piperidine rings is 1. The van der Waals surface area contributed by atoms with Crippen molar-refractivity contribution >= 4 is 0 Å². The second kappa shape index (κ2) is 11.8. The van der Waals surface area contributed by atoms with E-state index in [-0.39, 0.29) is 11.6 Å². The summed E-state index contributed by atoms with van der Waals surface area (Å²) in [5.74, 6) is 2.94. The third kappa shape index (κ3) is 6.42. The standard InChI is InChI=1S/C28H40N6O2/c1-28(2,3)29-20-22-14-17-33(18-15-22)25(23-12-9-13-24(35-4)26(23)36-5)27-30-31-32-34(27)19-16-21-10-7-6-8-11-21/h6-13,22,25,29H,14-20H2,1-5H3. The van der Waals surface area contributed by atoms with Crippen molar-refractivity contribution in [2.75, 3.05) is 33.9 Å². The first-order chi connectivity index (χ1) is 17.4. The number of para-hydroxylation sites is 1. The zero-order valence-electron chi connectivity index (χ0n) is 22.3. The van der Waals surface area contributed by atoms with Gasteiger partial charge in [0.05, 0.1) is 14.2 Å². The summed E-state index contributed by atoms with van der Waals surface area (Å²) in [6.07, 6.45) is 3.11. The number of methoxy groups -OCH3 is 2. The van der Waals surface area contributed by atoms with Crippen molar-refractivity contribution in [3.8, 4) is 11.5 Å². The third-order valence-electron chi connectivity index (χ3n) is 6.92. The molecule has 0 saturated carbocycles. The summed E-state index contributed by atoms with van der Waals surface area (Å²) >= 11 is 0. The summed E-state index contributed by atoms with van der Waals surface area (Å²) < 4.78 is 13.5. The maximum Gasteiger partial charge on any atom is 0.173 e. The van der Waals surface area contributed by atoms with E-state index in [9.17, 15) is 0 Å². The molecule has 0 radical (unpaired) electrons. The minimum absolute atomic E-state index is 0.127. The van der Waals surface area contributed by atoms with Crippen molar-refractivity contribution < 1.29 is 9.47 Å². The van der Waals surface area contributed by atoms with E-state index in [2.05, 4.69) is 76.8 Å². The molecule has 0 aliphatic carbocycles. The number of hydrogen-bond acceptors (Lipinski definition) is 7. The maximum atomic E-state index is 5.86. The molecule has 3 aromatic rings. The van der Waals surface area contributed by atoms with Gasteiger partial charge >= 0.3 is 0 Å². The molecule has 1 unspecified atom stereocenters. The molecular weight excluding hydrogens is 452 g/mol. The molecule has 1 N–H and O–H groups in total. The minimum atomic E-state index is -0.127. The Bertz CT molecular complexity index is 1090. The predicted octanol–water partition coefficient (Wildman–Crippen LogP) is 4.12. The molecular formula is C28H40N6O2. The number of rotatable bonds is 10. The number of hydrogen-bond donors (Lipinski definition) is 1. The van der Waals surface area contributed by atoms with E-state index < -0.39 is 0 Å². The molecule has 8 nitrogen and oxygen atoms in total. The van der Waals surface area contributed by atoms with Crippen LogP contribution >= 0.6 is 0 Å². The summed E-state index contributed by atoms with van der Waals surface area (Å²) in [7, 11) is 3.37. The van der Waals surface area contributed by atoms with Crippen molar-refractivity contribution in [2.45, 2.75) is 58.2 Å². The van der Waals surface area contributed by atoms with Gasteiger partial charge in [0.1, 0.15) is 6.04 Å². The lowest BCUT2D eigenvalue weighted by Crippen LogP contribution is -2.44. The molecule has 2 heterocycles. The van der Waals surface area contributed by atoms with Crippen molar-refractivity contribution in [1.29, 1.82) is 0 Å². The average Bonchev–Trinajstić information content (AvgIpc) is 3.35. The lowest BCUT2D eigenvalue weighted by molar-refractivity contribution is 0.137. The summed E-state index contributed by atoms with van der Waals surface area (Å²) in [6, 6.07) is 16.4. The first kappa shape index (κ1) is 26.1. The highest BCUT2D eigenvalue weighted by molar-refractivity contribution is 5.49. The number of benzene rings is 2. The van der Waals surface area contributed by atoms with Gasteiger partial charge in [-0.2, -0.15) is 0 Å². The molecule has 0 amide bonds. The molecule has 4 rings (SSSR count). The van der Waals surface area contributed by atoms with Gasteiger partial charge in [-0.05, 0) is 87.6 Å². The van der Waals surface area contributed by atoms with Gasteiger partial charge in [-0.25, -0.2) is 4.68 Å². The number of nitrogens with one attached hydrogen (secondary N) is 1. The second-order valence-electron chi connectivity index (χ2n) is 10.6. The van der Waals surface area contributed by atoms with Gasteiger partial charge in [0.2, 0.25) is 0 Å². The number of ether oxygens (including phenoxy) is 2. The number of likely N-dealkylation sites (tertiary alicyclic amines) is 1. The van der Waals surface area contributed by atoms with Crippen LogP contribution in [0.4, 0.5) is 0 Å². The molecule has 2 aromatic carbocycles. The maximum absolute atomic E-state index is 5.86. The summed E-state index contributed by atoms with van der Waals surface area (Å²) in [4.78, 5) is 2.50. The minimum Gasteiger partial charge on any atom is -0.493 e. The monoisotopic (exact) mass is 492 g/mol. The zero-order chi connectivity index (χ0) is 25.5. The Hall–Kier alpha value is -2.97. The third-order valence-corrected chi connectivity index (χ3v) is 6.92. The second-order valence-corrected chi connectivity index (χ2v) is 10.6. The molecule has 1 saturated heterocycles. The molecule has 1 aromatic heterocycles. The van der Waals surface area contributed by atoms with Crippen LogP contribution < -0.4 is 14.8 Å². The van der Waals surface area contributed by atoms with E-state index in [1.165, 1.54) is 5.56 Å². The van der Waals surface area contributed by atoms with Crippen LogP contribution in [0.3, 0.4) is 0 Å². The molecule has 1 aliphatic rings. The van der Waals surface area contributed by atoms with Crippen molar-refractivity contribution in [1.82, 2.24) is 30.4 Å². The Balaban J connectivity index is 1.61. The summed E-state index contributed by atoms with van der Waals surface area (Å²) in [5, 5.41) is 16.7. The Morgan fingerprint density at radius 3 is 2.42 bits per heavy atom. The lowest BCUT2D eigenvalue weighted by atomic mass is 9.92. The molecule has 1 atom stereocenters. The number of tetrazole rings is 1. The number of aryl methyl sites for hydroxylation is 2. The van der Waals surface area contributed by atoms with E-state index in [0.29, 0.717) is 18.2 Å². The molecule has 0 spiro atoms. The van der Waals surface area contributed by atoms with E-state index >= 15 is 0 Å². The van der Waals surface area contributed by atoms with Crippen LogP contribution in [0.5, 0.6) is 11.5 Å². The largest absolute Gasteiger partial charge is 0.493 e. The van der Waals surface area contributed by atoms with Gasteiger partial charge in [0.25, 0.3) is 0 Å². The molecule has 36 heavy (non-hydrogen) atoms. The van der Waals surface area contributed by atoms with Crippen LogP contribution in [0.2, 0.25) is 0 Å². The average molecular weight is 493 g/mol. The van der Waals surface area contributed by atoms with E-state index in [0.717, 1.165) is 56.0 Å². The fourth-order valence-electron chi connectivity index (χ4n) is 4.94. The van der Waals surface area contributed by atoms with Crippen LogP contribution in [0.15, 0.2) is 48.5 Å². The van der Waals surface area contributed by atoms with Crippen molar-refractivity contribution in [2.24, 2.45) is 5.92 Å².